The Morgan fingerprint density at radius 3 is 2.61 bits per heavy atom. The Kier molecular flexibility index (Phi) is 4.69. The number of anilines is 1. The highest BCUT2D eigenvalue weighted by Crippen LogP contribution is 2.28. The van der Waals surface area contributed by atoms with E-state index < -0.39 is 0 Å². The highest BCUT2D eigenvalue weighted by Gasteiger charge is 2.38. The van der Waals surface area contributed by atoms with Gasteiger partial charge in [0.1, 0.15) is 0 Å². The number of rotatable bonds is 3. The summed E-state index contributed by atoms with van der Waals surface area (Å²) >= 11 is 0. The zero-order chi connectivity index (χ0) is 16.4. The van der Waals surface area contributed by atoms with Gasteiger partial charge >= 0.3 is 0 Å². The van der Waals surface area contributed by atoms with E-state index in [2.05, 4.69) is 26.0 Å². The molecule has 3 rings (SSSR count). The van der Waals surface area contributed by atoms with Crippen molar-refractivity contribution < 1.29 is 9.59 Å². The van der Waals surface area contributed by atoms with Crippen molar-refractivity contribution in [3.63, 3.8) is 0 Å². The number of carbonyl (C=O) groups excluding carboxylic acids is 2. The maximum absolute atomic E-state index is 12.8. The first-order chi connectivity index (χ1) is 11.1. The molecule has 1 aromatic rings. The smallest absolute Gasteiger partial charge is 0.228 e. The van der Waals surface area contributed by atoms with Gasteiger partial charge in [0.15, 0.2) is 0 Å². The number of nitrogens with zero attached hydrogens (tertiary/aromatic N) is 2. The molecule has 0 saturated carbocycles. The van der Waals surface area contributed by atoms with E-state index in [0.717, 1.165) is 31.5 Å². The van der Waals surface area contributed by atoms with Crippen molar-refractivity contribution in [2.24, 2.45) is 5.92 Å². The van der Waals surface area contributed by atoms with E-state index in [0.29, 0.717) is 19.0 Å². The van der Waals surface area contributed by atoms with E-state index in [1.165, 1.54) is 12.0 Å². The van der Waals surface area contributed by atoms with Crippen LogP contribution in [0.15, 0.2) is 24.3 Å². The van der Waals surface area contributed by atoms with Gasteiger partial charge in [-0.15, -0.1) is 0 Å². The number of hydrogen-bond acceptors (Lipinski definition) is 2. The number of carbonyl (C=O) groups is 2. The largest absolute Gasteiger partial charge is 0.340 e. The van der Waals surface area contributed by atoms with Crippen molar-refractivity contribution in [3.05, 3.63) is 29.8 Å². The molecule has 2 saturated heterocycles. The fraction of sp³-hybridized carbons (Fsp3) is 0.579. The average molecular weight is 314 g/mol. The van der Waals surface area contributed by atoms with Crippen LogP contribution in [0.3, 0.4) is 0 Å². The van der Waals surface area contributed by atoms with E-state index in [-0.39, 0.29) is 17.7 Å². The van der Waals surface area contributed by atoms with Crippen molar-refractivity contribution in [2.45, 2.75) is 52.0 Å². The minimum absolute atomic E-state index is 0.0669. The zero-order valence-electron chi connectivity index (χ0n) is 14.1. The molecule has 4 heteroatoms. The zero-order valence-corrected chi connectivity index (χ0v) is 14.1. The molecule has 0 aromatic heterocycles. The summed E-state index contributed by atoms with van der Waals surface area (Å²) in [7, 11) is 0. The molecule has 2 aliphatic heterocycles. The molecule has 2 atom stereocenters. The van der Waals surface area contributed by atoms with Gasteiger partial charge in [-0.3, -0.25) is 9.59 Å². The molecule has 2 amide bonds. The molecule has 4 nitrogen and oxygen atoms in total. The number of benzene rings is 1. The molecule has 0 N–H and O–H groups in total. The van der Waals surface area contributed by atoms with Crippen LogP contribution >= 0.6 is 0 Å². The van der Waals surface area contributed by atoms with Crippen molar-refractivity contribution >= 4 is 17.5 Å². The Bertz CT molecular complexity index is 582. The summed E-state index contributed by atoms with van der Waals surface area (Å²) in [5.41, 5.74) is 2.17. The summed E-state index contributed by atoms with van der Waals surface area (Å²) in [4.78, 5) is 28.9. The quantitative estimate of drug-likeness (QED) is 0.860. The lowest BCUT2D eigenvalue weighted by atomic mass is 9.99. The highest BCUT2D eigenvalue weighted by atomic mass is 16.2. The molecule has 1 aromatic carbocycles. The monoisotopic (exact) mass is 314 g/mol. The summed E-state index contributed by atoms with van der Waals surface area (Å²) in [6.07, 6.45) is 4.69. The van der Waals surface area contributed by atoms with Gasteiger partial charge in [0.25, 0.3) is 0 Å². The molecule has 2 aliphatic rings. The van der Waals surface area contributed by atoms with E-state index in [4.69, 9.17) is 0 Å². The molecular formula is C19H26N2O2. The second kappa shape index (κ2) is 6.73. The van der Waals surface area contributed by atoms with Gasteiger partial charge in [-0.1, -0.05) is 19.1 Å². The van der Waals surface area contributed by atoms with Crippen LogP contribution in [0.2, 0.25) is 0 Å². The topological polar surface area (TPSA) is 40.6 Å². The molecule has 0 spiro atoms. The maximum atomic E-state index is 12.8. The standard InChI is InChI=1S/C19H26N2O2/c1-3-15-7-9-17(10-8-15)21-13-16(12-18(21)22)19(23)20-11-5-4-6-14(20)2/h7-10,14,16H,3-6,11-13H2,1-2H3/t14-,16+/m1/s1. The average Bonchev–Trinajstić information content (AvgIpc) is 2.96. The molecule has 2 fully saturated rings. The molecule has 0 bridgehead atoms. The fourth-order valence-electron chi connectivity index (χ4n) is 3.69. The summed E-state index contributed by atoms with van der Waals surface area (Å²) in [5, 5.41) is 0. The molecular weight excluding hydrogens is 288 g/mol. The summed E-state index contributed by atoms with van der Waals surface area (Å²) in [6.45, 7) is 5.60. The summed E-state index contributed by atoms with van der Waals surface area (Å²) in [5.74, 6) is 0.0457. The molecule has 2 heterocycles. The fourth-order valence-corrected chi connectivity index (χ4v) is 3.69. The van der Waals surface area contributed by atoms with Gasteiger partial charge in [-0.25, -0.2) is 0 Å². The molecule has 0 unspecified atom stereocenters. The molecule has 0 radical (unpaired) electrons. The second-order valence-corrected chi connectivity index (χ2v) is 6.80. The van der Waals surface area contributed by atoms with Gasteiger partial charge in [0, 0.05) is 31.2 Å². The Hall–Kier alpha value is -1.84. The molecule has 0 aliphatic carbocycles. The lowest BCUT2D eigenvalue weighted by Crippen LogP contribution is -2.45. The van der Waals surface area contributed by atoms with E-state index >= 15 is 0 Å². The Morgan fingerprint density at radius 1 is 1.22 bits per heavy atom. The first kappa shape index (κ1) is 16.0. The lowest BCUT2D eigenvalue weighted by molar-refractivity contribution is -0.139. The van der Waals surface area contributed by atoms with Crippen LogP contribution in [-0.2, 0) is 16.0 Å². The van der Waals surface area contributed by atoms with Gasteiger partial charge < -0.3 is 9.80 Å². The van der Waals surface area contributed by atoms with Crippen LogP contribution in [0.25, 0.3) is 0 Å². The summed E-state index contributed by atoms with van der Waals surface area (Å²) < 4.78 is 0. The maximum Gasteiger partial charge on any atom is 0.228 e. The molecule has 23 heavy (non-hydrogen) atoms. The molecule has 124 valence electrons. The van der Waals surface area contributed by atoms with Gasteiger partial charge in [-0.2, -0.15) is 0 Å². The van der Waals surface area contributed by atoms with Crippen LogP contribution in [0, 0.1) is 5.92 Å². The van der Waals surface area contributed by atoms with Crippen molar-refractivity contribution in [1.82, 2.24) is 4.90 Å². The van der Waals surface area contributed by atoms with E-state index in [9.17, 15) is 9.59 Å². The first-order valence-corrected chi connectivity index (χ1v) is 8.80. The first-order valence-electron chi connectivity index (χ1n) is 8.80. The predicted molar refractivity (Wildman–Crippen MR) is 91.3 cm³/mol. The van der Waals surface area contributed by atoms with Crippen LogP contribution in [0.5, 0.6) is 0 Å². The van der Waals surface area contributed by atoms with E-state index in [1.807, 2.05) is 17.0 Å². The van der Waals surface area contributed by atoms with Crippen molar-refractivity contribution in [1.29, 1.82) is 0 Å². The van der Waals surface area contributed by atoms with Crippen LogP contribution < -0.4 is 4.90 Å². The normalized spacial score (nSPS) is 25.0. The van der Waals surface area contributed by atoms with Crippen molar-refractivity contribution in [3.8, 4) is 0 Å². The number of hydrogen-bond donors (Lipinski definition) is 0. The van der Waals surface area contributed by atoms with Gasteiger partial charge in [0.05, 0.1) is 5.92 Å². The number of piperidine rings is 1. The van der Waals surface area contributed by atoms with Crippen LogP contribution in [-0.4, -0.2) is 35.8 Å². The van der Waals surface area contributed by atoms with E-state index in [1.54, 1.807) is 4.90 Å². The Labute approximate surface area is 138 Å². The third-order valence-corrected chi connectivity index (χ3v) is 5.22. The van der Waals surface area contributed by atoms with Crippen molar-refractivity contribution in [2.75, 3.05) is 18.0 Å². The summed E-state index contributed by atoms with van der Waals surface area (Å²) in [6, 6.07) is 8.42. The Balaban J connectivity index is 1.70. The van der Waals surface area contributed by atoms with Gasteiger partial charge in [-0.05, 0) is 50.3 Å². The predicted octanol–water partition coefficient (Wildman–Crippen LogP) is 3.00. The van der Waals surface area contributed by atoms with Gasteiger partial charge in [0.2, 0.25) is 11.8 Å². The third-order valence-electron chi connectivity index (χ3n) is 5.22. The third kappa shape index (κ3) is 3.26. The SMILES string of the molecule is CCc1ccc(N2C[C@@H](C(=O)N3CCCC[C@H]3C)CC2=O)cc1. The van der Waals surface area contributed by atoms with Crippen LogP contribution in [0.4, 0.5) is 5.69 Å². The minimum Gasteiger partial charge on any atom is -0.340 e. The van der Waals surface area contributed by atoms with Crippen LogP contribution in [0.1, 0.15) is 45.1 Å². The Morgan fingerprint density at radius 2 is 1.96 bits per heavy atom. The minimum atomic E-state index is -0.186. The number of amides is 2. The highest BCUT2D eigenvalue weighted by molar-refractivity contribution is 6.00. The number of likely N-dealkylation sites (tertiary alicyclic amines) is 1. The lowest BCUT2D eigenvalue weighted by Gasteiger charge is -2.35. The number of aryl methyl sites for hydroxylation is 1. The second-order valence-electron chi connectivity index (χ2n) is 6.80.